The molecular weight excluding hydrogens is 622 g/mol. The Labute approximate surface area is 277 Å². The van der Waals surface area contributed by atoms with Crippen LogP contribution in [0.4, 0.5) is 0 Å². The van der Waals surface area contributed by atoms with Crippen molar-refractivity contribution in [3.05, 3.63) is 101 Å². The summed E-state index contributed by atoms with van der Waals surface area (Å²) in [6, 6.07) is 22.6. The second-order valence-electron chi connectivity index (χ2n) is 10.0. The number of halogens is 1. The van der Waals surface area contributed by atoms with Crippen LogP contribution in [0.15, 0.2) is 84.0 Å². The Morgan fingerprint density at radius 1 is 0.830 bits per heavy atom. The molecule has 1 amide bonds. The number of nitrogens with zero attached hydrogens (tertiary/aromatic N) is 1. The van der Waals surface area contributed by atoms with E-state index in [1.54, 1.807) is 42.5 Å². The first-order chi connectivity index (χ1) is 22.9. The van der Waals surface area contributed by atoms with E-state index in [1.807, 2.05) is 57.2 Å². The molecule has 0 atom stereocenters. The Hall–Kier alpha value is -5.48. The highest BCUT2D eigenvalue weighted by atomic mass is 35.5. The van der Waals surface area contributed by atoms with E-state index in [0.29, 0.717) is 70.2 Å². The Bertz CT molecular complexity index is 1940. The molecule has 5 aromatic rings. The molecule has 0 aliphatic rings. The number of fused-ring (bicyclic) bond motifs is 1. The lowest BCUT2D eigenvalue weighted by Gasteiger charge is -2.13. The van der Waals surface area contributed by atoms with Gasteiger partial charge in [-0.2, -0.15) is 5.10 Å². The van der Waals surface area contributed by atoms with Crippen molar-refractivity contribution in [2.75, 3.05) is 26.9 Å². The van der Waals surface area contributed by atoms with Crippen LogP contribution in [0.2, 0.25) is 5.02 Å². The summed E-state index contributed by atoms with van der Waals surface area (Å²) >= 11 is 6.56. The van der Waals surface area contributed by atoms with Crippen LogP contribution >= 0.6 is 11.6 Å². The van der Waals surface area contributed by atoms with Gasteiger partial charge in [0.2, 0.25) is 0 Å². The van der Waals surface area contributed by atoms with Gasteiger partial charge in [-0.25, -0.2) is 10.2 Å². The largest absolute Gasteiger partial charge is 0.494 e. The molecule has 0 aliphatic heterocycles. The maximum absolute atomic E-state index is 13.4. The van der Waals surface area contributed by atoms with E-state index in [2.05, 4.69) is 15.5 Å². The number of rotatable bonds is 13. The van der Waals surface area contributed by atoms with Gasteiger partial charge in [0.25, 0.3) is 5.91 Å². The van der Waals surface area contributed by atoms with Gasteiger partial charge in [-0.1, -0.05) is 29.8 Å². The van der Waals surface area contributed by atoms with Crippen LogP contribution in [0.25, 0.3) is 22.0 Å². The fourth-order valence-corrected chi connectivity index (χ4v) is 5.18. The van der Waals surface area contributed by atoms with Gasteiger partial charge in [-0.15, -0.1) is 0 Å². The lowest BCUT2D eigenvalue weighted by atomic mass is 10.0. The predicted molar refractivity (Wildman–Crippen MR) is 182 cm³/mol. The molecule has 1 aromatic heterocycles. The van der Waals surface area contributed by atoms with Crippen LogP contribution in [-0.4, -0.2) is 50.0 Å². The van der Waals surface area contributed by atoms with Crippen molar-refractivity contribution in [1.29, 1.82) is 0 Å². The number of benzene rings is 4. The molecule has 0 spiro atoms. The maximum atomic E-state index is 13.4. The Morgan fingerprint density at radius 2 is 1.57 bits per heavy atom. The normalized spacial score (nSPS) is 11.0. The summed E-state index contributed by atoms with van der Waals surface area (Å²) < 4.78 is 28.0. The zero-order chi connectivity index (χ0) is 33.3. The molecule has 0 radical (unpaired) electrons. The van der Waals surface area contributed by atoms with Crippen molar-refractivity contribution in [2.45, 2.75) is 20.8 Å². The first-order valence-electron chi connectivity index (χ1n) is 15.0. The monoisotopic (exact) mass is 655 g/mol. The van der Waals surface area contributed by atoms with E-state index >= 15 is 0 Å². The summed E-state index contributed by atoms with van der Waals surface area (Å²) in [5.41, 5.74) is 5.82. The van der Waals surface area contributed by atoms with Gasteiger partial charge in [-0.05, 0) is 87.0 Å². The van der Waals surface area contributed by atoms with Gasteiger partial charge in [-0.3, -0.25) is 4.79 Å². The minimum Gasteiger partial charge on any atom is -0.494 e. The van der Waals surface area contributed by atoms with Crippen LogP contribution < -0.4 is 29.1 Å². The number of amides is 1. The molecule has 4 aromatic carbocycles. The first kappa shape index (κ1) is 32.9. The Morgan fingerprint density at radius 3 is 2.32 bits per heavy atom. The molecule has 1 heterocycles. The molecule has 0 saturated carbocycles. The third kappa shape index (κ3) is 7.50. The van der Waals surface area contributed by atoms with Gasteiger partial charge in [0, 0.05) is 27.1 Å². The van der Waals surface area contributed by atoms with Crippen molar-refractivity contribution in [2.24, 2.45) is 5.10 Å². The summed E-state index contributed by atoms with van der Waals surface area (Å²) in [4.78, 5) is 29.6. The van der Waals surface area contributed by atoms with Crippen LogP contribution in [0.1, 0.15) is 47.2 Å². The van der Waals surface area contributed by atoms with E-state index in [4.69, 9.17) is 35.3 Å². The number of aromatic amines is 1. The summed E-state index contributed by atoms with van der Waals surface area (Å²) in [5, 5.41) is 5.45. The first-order valence-corrected chi connectivity index (χ1v) is 15.4. The number of esters is 1. The standard InChI is InChI=1S/C36H34ClN3O7/c1-5-44-24-14-15-28-26(20-24)33(25-10-8-9-11-27(25)37)34(39-28)35(41)40-38-21-22-12-16-30(31(18-22)43-4)47-36(42)23-13-17-29(45-6-2)32(19-23)46-7-3/h8-21,39H,5-7H2,1-4H3,(H,40,41). The zero-order valence-electron chi connectivity index (χ0n) is 26.4. The van der Waals surface area contributed by atoms with Gasteiger partial charge in [0.05, 0.1) is 38.7 Å². The minimum atomic E-state index is -0.595. The van der Waals surface area contributed by atoms with Crippen molar-refractivity contribution >= 4 is 40.6 Å². The molecule has 10 nitrogen and oxygen atoms in total. The van der Waals surface area contributed by atoms with Crippen molar-refractivity contribution in [3.63, 3.8) is 0 Å². The highest BCUT2D eigenvalue weighted by Gasteiger charge is 2.21. The number of ether oxygens (including phenoxy) is 5. The summed E-state index contributed by atoms with van der Waals surface area (Å²) in [6.45, 7) is 7.00. The number of hydrogen-bond acceptors (Lipinski definition) is 8. The maximum Gasteiger partial charge on any atom is 0.343 e. The smallest absolute Gasteiger partial charge is 0.343 e. The molecule has 47 heavy (non-hydrogen) atoms. The van der Waals surface area contributed by atoms with E-state index in [1.165, 1.54) is 13.3 Å². The van der Waals surface area contributed by atoms with Crippen LogP contribution in [0.5, 0.6) is 28.7 Å². The predicted octanol–water partition coefficient (Wildman–Crippen LogP) is 7.68. The lowest BCUT2D eigenvalue weighted by Crippen LogP contribution is -2.19. The lowest BCUT2D eigenvalue weighted by molar-refractivity contribution is 0.0728. The Kier molecular flexibility index (Phi) is 10.6. The second kappa shape index (κ2) is 15.2. The van der Waals surface area contributed by atoms with Gasteiger partial charge >= 0.3 is 5.97 Å². The SMILES string of the molecule is CCOc1ccc2[nH]c(C(=O)NN=Cc3ccc(OC(=O)c4ccc(OCC)c(OCC)c4)c(OC)c3)c(-c3ccccc3Cl)c2c1. The quantitative estimate of drug-likeness (QED) is 0.0578. The minimum absolute atomic E-state index is 0.208. The Balaban J connectivity index is 1.34. The fraction of sp³-hybridized carbons (Fsp3) is 0.194. The summed E-state index contributed by atoms with van der Waals surface area (Å²) in [6.07, 6.45) is 1.46. The molecule has 11 heteroatoms. The topological polar surface area (TPSA) is 120 Å². The highest BCUT2D eigenvalue weighted by Crippen LogP contribution is 2.38. The molecule has 242 valence electrons. The second-order valence-corrected chi connectivity index (χ2v) is 10.4. The number of hydrazone groups is 1. The number of nitrogens with one attached hydrogen (secondary N) is 2. The van der Waals surface area contributed by atoms with E-state index < -0.39 is 11.9 Å². The fourth-order valence-electron chi connectivity index (χ4n) is 4.95. The third-order valence-electron chi connectivity index (χ3n) is 7.00. The van der Waals surface area contributed by atoms with Gasteiger partial charge in [0.15, 0.2) is 23.0 Å². The van der Waals surface area contributed by atoms with Crippen LogP contribution in [-0.2, 0) is 0 Å². The van der Waals surface area contributed by atoms with Gasteiger partial charge in [0.1, 0.15) is 11.4 Å². The molecule has 0 fully saturated rings. The number of carbonyl (C=O) groups is 2. The zero-order valence-corrected chi connectivity index (χ0v) is 27.1. The molecule has 0 saturated heterocycles. The molecule has 0 aliphatic carbocycles. The number of carbonyl (C=O) groups excluding carboxylic acids is 2. The van der Waals surface area contributed by atoms with Crippen LogP contribution in [0, 0.1) is 0 Å². The number of hydrogen-bond donors (Lipinski definition) is 2. The molecular formula is C36H34ClN3O7. The van der Waals surface area contributed by atoms with E-state index in [-0.39, 0.29) is 11.3 Å². The third-order valence-corrected chi connectivity index (χ3v) is 7.33. The molecule has 2 N–H and O–H groups in total. The average molecular weight is 656 g/mol. The van der Waals surface area contributed by atoms with E-state index in [0.717, 1.165) is 10.9 Å². The summed E-state index contributed by atoms with van der Waals surface area (Å²) in [7, 11) is 1.46. The van der Waals surface area contributed by atoms with Gasteiger partial charge < -0.3 is 28.7 Å². The van der Waals surface area contributed by atoms with Crippen molar-refractivity contribution in [1.82, 2.24) is 10.4 Å². The van der Waals surface area contributed by atoms with Crippen LogP contribution in [0.3, 0.4) is 0 Å². The average Bonchev–Trinajstić information content (AvgIpc) is 3.45. The summed E-state index contributed by atoms with van der Waals surface area (Å²) in [5.74, 6) is 1.11. The van der Waals surface area contributed by atoms with E-state index in [9.17, 15) is 9.59 Å². The molecule has 0 bridgehead atoms. The number of methoxy groups -OCH3 is 1. The number of H-pyrrole nitrogens is 1. The van der Waals surface area contributed by atoms with Crippen molar-refractivity contribution < 1.29 is 33.3 Å². The van der Waals surface area contributed by atoms with Crippen molar-refractivity contribution in [3.8, 4) is 39.9 Å². The molecule has 5 rings (SSSR count). The number of aromatic nitrogens is 1. The highest BCUT2D eigenvalue weighted by molar-refractivity contribution is 6.34. The molecule has 0 unspecified atom stereocenters.